The van der Waals surface area contributed by atoms with Crippen LogP contribution in [0.25, 0.3) is 5.69 Å². The van der Waals surface area contributed by atoms with Crippen molar-refractivity contribution < 1.29 is 9.18 Å². The zero-order chi connectivity index (χ0) is 18.0. The van der Waals surface area contributed by atoms with Crippen molar-refractivity contribution in [2.45, 2.75) is 13.0 Å². The van der Waals surface area contributed by atoms with E-state index in [9.17, 15) is 9.18 Å². The first-order valence-electron chi connectivity index (χ1n) is 7.58. The average Bonchev–Trinajstić information content (AvgIpc) is 2.98. The molecule has 0 fully saturated rings. The van der Waals surface area contributed by atoms with Crippen molar-refractivity contribution in [2.24, 2.45) is 0 Å². The van der Waals surface area contributed by atoms with Gasteiger partial charge in [-0.15, -0.1) is 0 Å². The molecule has 128 valence electrons. The van der Waals surface area contributed by atoms with E-state index in [4.69, 9.17) is 23.8 Å². The highest BCUT2D eigenvalue weighted by Crippen LogP contribution is 2.18. The molecule has 1 unspecified atom stereocenters. The lowest BCUT2D eigenvalue weighted by atomic mass is 10.1. The van der Waals surface area contributed by atoms with E-state index in [1.165, 1.54) is 18.3 Å². The summed E-state index contributed by atoms with van der Waals surface area (Å²) in [6, 6.07) is 12.8. The van der Waals surface area contributed by atoms with Gasteiger partial charge >= 0.3 is 0 Å². The summed E-state index contributed by atoms with van der Waals surface area (Å²) in [4.78, 5) is 15.5. The topological polar surface area (TPSA) is 49.8 Å². The zero-order valence-electron chi connectivity index (χ0n) is 13.3. The number of amides is 1. The quantitative estimate of drug-likeness (QED) is 0.642. The maximum absolute atomic E-state index is 13.1. The van der Waals surface area contributed by atoms with Crippen molar-refractivity contribution in [3.8, 4) is 5.69 Å². The summed E-state index contributed by atoms with van der Waals surface area (Å²) in [5, 5.41) is 3.56. The van der Waals surface area contributed by atoms with Crippen LogP contribution in [-0.4, -0.2) is 15.5 Å². The number of halogens is 2. The summed E-state index contributed by atoms with van der Waals surface area (Å²) >= 11 is 11.1. The van der Waals surface area contributed by atoms with E-state index in [-0.39, 0.29) is 17.8 Å². The number of aromatic nitrogens is 2. The van der Waals surface area contributed by atoms with Crippen molar-refractivity contribution >= 4 is 29.7 Å². The summed E-state index contributed by atoms with van der Waals surface area (Å²) in [5.41, 5.74) is 1.88. The smallest absolute Gasteiger partial charge is 0.270 e. The van der Waals surface area contributed by atoms with Crippen molar-refractivity contribution in [3.63, 3.8) is 0 Å². The standard InChI is InChI=1S/C18H15ClFN3OS/c1-11(12-2-4-13(19)5-3-12)22-17(24)16-10-21-18(25)23(16)15-8-6-14(20)7-9-15/h2-11H,1H3,(H,21,25)(H,22,24). The summed E-state index contributed by atoms with van der Waals surface area (Å²) in [6.45, 7) is 1.88. The molecule has 2 aromatic carbocycles. The van der Waals surface area contributed by atoms with Crippen LogP contribution in [0.1, 0.15) is 29.0 Å². The Bertz CT molecular complexity index is 948. The summed E-state index contributed by atoms with van der Waals surface area (Å²) in [5.74, 6) is -0.646. The Morgan fingerprint density at radius 3 is 2.48 bits per heavy atom. The fourth-order valence-corrected chi connectivity index (χ4v) is 2.88. The van der Waals surface area contributed by atoms with Crippen LogP contribution in [0.3, 0.4) is 0 Å². The third-order valence-corrected chi connectivity index (χ3v) is 4.36. The third kappa shape index (κ3) is 3.81. The van der Waals surface area contributed by atoms with Gasteiger partial charge in [0.2, 0.25) is 0 Å². The second-order valence-corrected chi connectivity index (χ2v) is 6.36. The monoisotopic (exact) mass is 375 g/mol. The van der Waals surface area contributed by atoms with Crippen LogP contribution < -0.4 is 5.32 Å². The predicted octanol–water partition coefficient (Wildman–Crippen LogP) is 4.82. The molecular formula is C18H15ClFN3OS. The molecule has 1 heterocycles. The fraction of sp³-hybridized carbons (Fsp3) is 0.111. The maximum Gasteiger partial charge on any atom is 0.270 e. The molecule has 0 aliphatic heterocycles. The van der Waals surface area contributed by atoms with Crippen LogP contribution >= 0.6 is 23.8 Å². The van der Waals surface area contributed by atoms with Crippen LogP contribution in [0.5, 0.6) is 0 Å². The van der Waals surface area contributed by atoms with Crippen LogP contribution in [0.15, 0.2) is 54.7 Å². The molecule has 4 nitrogen and oxygen atoms in total. The van der Waals surface area contributed by atoms with Gasteiger partial charge in [0.1, 0.15) is 11.5 Å². The molecule has 7 heteroatoms. The predicted molar refractivity (Wildman–Crippen MR) is 98.2 cm³/mol. The first-order valence-corrected chi connectivity index (χ1v) is 8.37. The number of hydrogen-bond donors (Lipinski definition) is 2. The number of nitrogens with zero attached hydrogens (tertiary/aromatic N) is 1. The van der Waals surface area contributed by atoms with Gasteiger partial charge in [-0.3, -0.25) is 9.36 Å². The molecule has 1 amide bonds. The van der Waals surface area contributed by atoms with Crippen molar-refractivity contribution in [1.29, 1.82) is 0 Å². The van der Waals surface area contributed by atoms with E-state index in [1.54, 1.807) is 28.8 Å². The van der Waals surface area contributed by atoms with Crippen molar-refractivity contribution in [2.75, 3.05) is 0 Å². The molecule has 0 saturated heterocycles. The molecular weight excluding hydrogens is 361 g/mol. The Labute approximate surface area is 154 Å². The number of rotatable bonds is 4. The molecule has 3 rings (SSSR count). The third-order valence-electron chi connectivity index (χ3n) is 3.81. The highest BCUT2D eigenvalue weighted by molar-refractivity contribution is 7.71. The Morgan fingerprint density at radius 2 is 1.84 bits per heavy atom. The number of aromatic amines is 1. The van der Waals surface area contributed by atoms with Crippen molar-refractivity contribution in [3.05, 3.63) is 81.6 Å². The highest BCUT2D eigenvalue weighted by atomic mass is 35.5. The Hall–Kier alpha value is -2.44. The number of hydrogen-bond acceptors (Lipinski definition) is 2. The lowest BCUT2D eigenvalue weighted by Crippen LogP contribution is -2.28. The molecule has 1 atom stereocenters. The summed E-state index contributed by atoms with van der Waals surface area (Å²) in [7, 11) is 0. The largest absolute Gasteiger partial charge is 0.344 e. The van der Waals surface area contributed by atoms with Crippen LogP contribution in [0.2, 0.25) is 5.02 Å². The zero-order valence-corrected chi connectivity index (χ0v) is 14.9. The first-order chi connectivity index (χ1) is 12.0. The van der Waals surface area contributed by atoms with Gasteiger partial charge in [0.05, 0.1) is 6.04 Å². The summed E-state index contributed by atoms with van der Waals surface area (Å²) in [6.07, 6.45) is 1.54. The van der Waals surface area contributed by atoms with Gasteiger partial charge < -0.3 is 10.3 Å². The molecule has 25 heavy (non-hydrogen) atoms. The van der Waals surface area contributed by atoms with Gasteiger partial charge in [0.15, 0.2) is 4.77 Å². The first kappa shape index (κ1) is 17.4. The van der Waals surface area contributed by atoms with E-state index in [2.05, 4.69) is 10.3 Å². The molecule has 0 radical (unpaired) electrons. The SMILES string of the molecule is CC(NC(=O)c1c[nH]c(=S)n1-c1ccc(F)cc1)c1ccc(Cl)cc1. The second kappa shape index (κ2) is 7.21. The number of imidazole rings is 1. The molecule has 0 spiro atoms. The van der Waals surface area contributed by atoms with E-state index >= 15 is 0 Å². The second-order valence-electron chi connectivity index (χ2n) is 5.54. The fourth-order valence-electron chi connectivity index (χ4n) is 2.49. The highest BCUT2D eigenvalue weighted by Gasteiger charge is 2.17. The van der Waals surface area contributed by atoms with Gasteiger partial charge in [-0.05, 0) is 61.1 Å². The van der Waals surface area contributed by atoms with E-state index in [0.717, 1.165) is 5.56 Å². The Morgan fingerprint density at radius 1 is 1.20 bits per heavy atom. The Balaban J connectivity index is 1.87. The van der Waals surface area contributed by atoms with Crippen molar-refractivity contribution in [1.82, 2.24) is 14.9 Å². The lowest BCUT2D eigenvalue weighted by Gasteiger charge is -2.15. The van der Waals surface area contributed by atoms with E-state index < -0.39 is 0 Å². The van der Waals surface area contributed by atoms with Gasteiger partial charge in [-0.25, -0.2) is 4.39 Å². The van der Waals surface area contributed by atoms with Gasteiger partial charge in [0, 0.05) is 16.9 Å². The van der Waals surface area contributed by atoms with Crippen LogP contribution in [0, 0.1) is 10.6 Å². The van der Waals surface area contributed by atoms with Crippen LogP contribution in [-0.2, 0) is 0 Å². The maximum atomic E-state index is 13.1. The van der Waals surface area contributed by atoms with Crippen LogP contribution in [0.4, 0.5) is 4.39 Å². The normalized spacial score (nSPS) is 12.0. The molecule has 0 bridgehead atoms. The molecule has 0 saturated carbocycles. The lowest BCUT2D eigenvalue weighted by molar-refractivity contribution is 0.0933. The number of nitrogens with one attached hydrogen (secondary N) is 2. The number of carbonyl (C=O) groups excluding carboxylic acids is 1. The number of benzene rings is 2. The number of carbonyl (C=O) groups is 1. The minimum Gasteiger partial charge on any atom is -0.344 e. The Kier molecular flexibility index (Phi) is 5.01. The number of H-pyrrole nitrogens is 1. The molecule has 2 N–H and O–H groups in total. The molecule has 0 aliphatic carbocycles. The minimum absolute atomic E-state index is 0.213. The molecule has 1 aromatic heterocycles. The molecule has 3 aromatic rings. The van der Waals surface area contributed by atoms with E-state index in [0.29, 0.717) is 21.2 Å². The van der Waals surface area contributed by atoms with Gasteiger partial charge in [0.25, 0.3) is 5.91 Å². The van der Waals surface area contributed by atoms with E-state index in [1.807, 2.05) is 19.1 Å². The molecule has 0 aliphatic rings. The summed E-state index contributed by atoms with van der Waals surface area (Å²) < 4.78 is 15.1. The average molecular weight is 376 g/mol. The van der Waals surface area contributed by atoms with Gasteiger partial charge in [-0.2, -0.15) is 0 Å². The minimum atomic E-state index is -0.354. The van der Waals surface area contributed by atoms with Gasteiger partial charge in [-0.1, -0.05) is 23.7 Å².